The Kier molecular flexibility index (Phi) is 6.65. The molecule has 0 unspecified atom stereocenters. The number of esters is 1. The maximum absolute atomic E-state index is 13.2. The number of piperidine rings is 1. The molecule has 0 spiro atoms. The van der Waals surface area contributed by atoms with Crippen molar-refractivity contribution in [3.63, 3.8) is 0 Å². The minimum atomic E-state index is -3.65. The van der Waals surface area contributed by atoms with Crippen LogP contribution in [0.2, 0.25) is 0 Å². The van der Waals surface area contributed by atoms with Crippen LogP contribution in [0.25, 0.3) is 0 Å². The molecule has 29 heavy (non-hydrogen) atoms. The van der Waals surface area contributed by atoms with E-state index in [2.05, 4.69) is 0 Å². The van der Waals surface area contributed by atoms with E-state index >= 15 is 0 Å². The Morgan fingerprint density at radius 1 is 1.31 bits per heavy atom. The molecular formula is C21H27NO5S2. The van der Waals surface area contributed by atoms with Crippen LogP contribution < -0.4 is 4.74 Å². The summed E-state index contributed by atoms with van der Waals surface area (Å²) in [4.78, 5) is 13.0. The van der Waals surface area contributed by atoms with E-state index in [1.54, 1.807) is 20.1 Å². The van der Waals surface area contributed by atoms with Crippen molar-refractivity contribution in [3.05, 3.63) is 46.8 Å². The van der Waals surface area contributed by atoms with Gasteiger partial charge in [-0.2, -0.15) is 4.31 Å². The lowest BCUT2D eigenvalue weighted by atomic mass is 9.75. The average Bonchev–Trinajstić information content (AvgIpc) is 3.15. The first kappa shape index (κ1) is 21.8. The molecule has 1 atom stereocenters. The maximum atomic E-state index is 13.2. The van der Waals surface area contributed by atoms with Gasteiger partial charge in [0.1, 0.15) is 9.96 Å². The van der Waals surface area contributed by atoms with Crippen molar-refractivity contribution in [2.75, 3.05) is 26.8 Å². The Bertz CT molecular complexity index is 969. The highest BCUT2D eigenvalue weighted by molar-refractivity contribution is 7.91. The van der Waals surface area contributed by atoms with E-state index in [0.29, 0.717) is 35.8 Å². The zero-order chi connectivity index (χ0) is 21.1. The molecule has 1 aliphatic heterocycles. The van der Waals surface area contributed by atoms with Crippen molar-refractivity contribution in [1.29, 1.82) is 0 Å². The molecule has 1 aromatic carbocycles. The lowest BCUT2D eigenvalue weighted by Gasteiger charge is -2.40. The highest BCUT2D eigenvalue weighted by Gasteiger charge is 2.46. The average molecular weight is 438 g/mol. The normalized spacial score (nSPS) is 20.4. The summed E-state index contributed by atoms with van der Waals surface area (Å²) < 4.78 is 38.8. The molecule has 1 saturated heterocycles. The first-order chi connectivity index (χ1) is 13.8. The topological polar surface area (TPSA) is 72.9 Å². The zero-order valence-corrected chi connectivity index (χ0v) is 18.6. The van der Waals surface area contributed by atoms with Gasteiger partial charge in [-0.3, -0.25) is 4.79 Å². The van der Waals surface area contributed by atoms with Gasteiger partial charge in [0.15, 0.2) is 0 Å². The SMILES string of the molecule is CCOC(=O)[C@]1(Cc2cccc(OC)c2)CCCN(S(=O)(=O)c2cc(C)cs2)C1. The number of thiophene rings is 1. The van der Waals surface area contributed by atoms with Crippen molar-refractivity contribution in [2.24, 2.45) is 5.41 Å². The van der Waals surface area contributed by atoms with Crippen LogP contribution >= 0.6 is 11.3 Å². The van der Waals surface area contributed by atoms with Gasteiger partial charge in [-0.05, 0) is 67.8 Å². The van der Waals surface area contributed by atoms with Crippen molar-refractivity contribution in [2.45, 2.75) is 37.3 Å². The Balaban J connectivity index is 1.94. The van der Waals surface area contributed by atoms with Crippen LogP contribution in [0.3, 0.4) is 0 Å². The van der Waals surface area contributed by atoms with Crippen LogP contribution in [0.1, 0.15) is 30.9 Å². The smallest absolute Gasteiger partial charge is 0.313 e. The van der Waals surface area contributed by atoms with E-state index in [1.165, 1.54) is 15.6 Å². The van der Waals surface area contributed by atoms with Crippen LogP contribution in [0.15, 0.2) is 39.9 Å². The standard InChI is InChI=1S/C21H27NO5S2/c1-4-27-20(23)21(13-17-7-5-8-18(12-17)26-3)9-6-10-22(15-21)29(24,25)19-11-16(2)14-28-19/h5,7-8,11-12,14H,4,6,9-10,13,15H2,1-3H3/t21-/m0/s1. The summed E-state index contributed by atoms with van der Waals surface area (Å²) in [6.45, 7) is 4.41. The first-order valence-corrected chi connectivity index (χ1v) is 12.0. The number of nitrogens with zero attached hydrogens (tertiary/aromatic N) is 1. The molecule has 2 heterocycles. The maximum Gasteiger partial charge on any atom is 0.313 e. The molecule has 2 aromatic rings. The van der Waals surface area contributed by atoms with E-state index in [-0.39, 0.29) is 19.1 Å². The van der Waals surface area contributed by atoms with E-state index in [0.717, 1.165) is 11.1 Å². The quantitative estimate of drug-likeness (QED) is 0.619. The van der Waals surface area contributed by atoms with Gasteiger partial charge < -0.3 is 9.47 Å². The third-order valence-electron chi connectivity index (χ3n) is 5.23. The van der Waals surface area contributed by atoms with Gasteiger partial charge in [-0.1, -0.05) is 12.1 Å². The fourth-order valence-electron chi connectivity index (χ4n) is 3.80. The van der Waals surface area contributed by atoms with Gasteiger partial charge in [0, 0.05) is 13.1 Å². The molecule has 0 bridgehead atoms. The van der Waals surface area contributed by atoms with Crippen LogP contribution in [0, 0.1) is 12.3 Å². The Morgan fingerprint density at radius 3 is 2.76 bits per heavy atom. The second-order valence-electron chi connectivity index (χ2n) is 7.41. The molecule has 0 saturated carbocycles. The van der Waals surface area contributed by atoms with Crippen molar-refractivity contribution >= 4 is 27.3 Å². The molecule has 1 aromatic heterocycles. The number of sulfonamides is 1. The monoisotopic (exact) mass is 437 g/mol. The first-order valence-electron chi connectivity index (χ1n) is 9.66. The fraction of sp³-hybridized carbons (Fsp3) is 0.476. The molecule has 3 rings (SSSR count). The molecule has 6 nitrogen and oxygen atoms in total. The summed E-state index contributed by atoms with van der Waals surface area (Å²) in [7, 11) is -2.05. The zero-order valence-electron chi connectivity index (χ0n) is 17.0. The Labute approximate surface area is 176 Å². The summed E-state index contributed by atoms with van der Waals surface area (Å²) >= 11 is 1.22. The number of rotatable bonds is 7. The third-order valence-corrected chi connectivity index (χ3v) is 8.61. The summed E-state index contributed by atoms with van der Waals surface area (Å²) in [6, 6.07) is 9.22. The van der Waals surface area contributed by atoms with E-state index in [9.17, 15) is 13.2 Å². The molecule has 158 valence electrons. The van der Waals surface area contributed by atoms with Crippen LogP contribution in [-0.2, 0) is 26.0 Å². The van der Waals surface area contributed by atoms with Crippen molar-refractivity contribution in [3.8, 4) is 5.75 Å². The lowest BCUT2D eigenvalue weighted by molar-refractivity contribution is -0.157. The predicted octanol–water partition coefficient (Wildman–Crippen LogP) is 3.64. The molecule has 8 heteroatoms. The highest BCUT2D eigenvalue weighted by atomic mass is 32.2. The summed E-state index contributed by atoms with van der Waals surface area (Å²) in [6.07, 6.45) is 1.59. The highest BCUT2D eigenvalue weighted by Crippen LogP contribution is 2.38. The Hall–Kier alpha value is -1.90. The number of carbonyl (C=O) groups is 1. The van der Waals surface area contributed by atoms with Crippen molar-refractivity contribution in [1.82, 2.24) is 4.31 Å². The third kappa shape index (κ3) is 4.65. The van der Waals surface area contributed by atoms with E-state index in [4.69, 9.17) is 9.47 Å². The van der Waals surface area contributed by atoms with Crippen LogP contribution in [0.5, 0.6) is 5.75 Å². The lowest BCUT2D eigenvalue weighted by Crippen LogP contribution is -2.51. The summed E-state index contributed by atoms with van der Waals surface area (Å²) in [5.41, 5.74) is 0.919. The largest absolute Gasteiger partial charge is 0.497 e. The number of benzene rings is 1. The second-order valence-corrected chi connectivity index (χ2v) is 10.5. The second kappa shape index (κ2) is 8.85. The number of carbonyl (C=O) groups excluding carboxylic acids is 1. The number of ether oxygens (including phenoxy) is 2. The number of aryl methyl sites for hydroxylation is 1. The Morgan fingerprint density at radius 2 is 2.10 bits per heavy atom. The molecule has 0 N–H and O–H groups in total. The van der Waals surface area contributed by atoms with E-state index < -0.39 is 15.4 Å². The van der Waals surface area contributed by atoms with Gasteiger partial charge in [0.25, 0.3) is 10.0 Å². The van der Waals surface area contributed by atoms with Crippen molar-refractivity contribution < 1.29 is 22.7 Å². The molecule has 0 radical (unpaired) electrons. The van der Waals surface area contributed by atoms with E-state index in [1.807, 2.05) is 36.6 Å². The minimum Gasteiger partial charge on any atom is -0.497 e. The molecule has 0 aliphatic carbocycles. The molecule has 1 fully saturated rings. The van der Waals surface area contributed by atoms with Gasteiger partial charge in [-0.25, -0.2) is 8.42 Å². The number of methoxy groups -OCH3 is 1. The van der Waals surface area contributed by atoms with Crippen LogP contribution in [-0.4, -0.2) is 45.5 Å². The molecular weight excluding hydrogens is 410 g/mol. The van der Waals surface area contributed by atoms with Gasteiger partial charge in [0.2, 0.25) is 0 Å². The minimum absolute atomic E-state index is 0.113. The molecule has 1 aliphatic rings. The summed E-state index contributed by atoms with van der Waals surface area (Å²) in [5.74, 6) is 0.362. The van der Waals surface area contributed by atoms with Gasteiger partial charge in [-0.15, -0.1) is 11.3 Å². The van der Waals surface area contributed by atoms with Gasteiger partial charge >= 0.3 is 5.97 Å². The molecule has 0 amide bonds. The summed E-state index contributed by atoms with van der Waals surface area (Å²) in [5, 5.41) is 1.83. The van der Waals surface area contributed by atoms with Crippen LogP contribution in [0.4, 0.5) is 0 Å². The fourth-order valence-corrected chi connectivity index (χ4v) is 6.75. The number of hydrogen-bond acceptors (Lipinski definition) is 6. The van der Waals surface area contributed by atoms with Gasteiger partial charge in [0.05, 0.1) is 19.1 Å². The predicted molar refractivity (Wildman–Crippen MR) is 113 cm³/mol. The number of hydrogen-bond donors (Lipinski definition) is 0.